The molecule has 0 radical (unpaired) electrons. The molecule has 1 aromatic carbocycles. The Morgan fingerprint density at radius 3 is 2.60 bits per heavy atom. The summed E-state index contributed by atoms with van der Waals surface area (Å²) in [7, 11) is 1.63. The van der Waals surface area contributed by atoms with Crippen molar-refractivity contribution in [3.05, 3.63) is 62.3 Å². The Bertz CT molecular complexity index is 1280. The summed E-state index contributed by atoms with van der Waals surface area (Å²) in [5.41, 5.74) is -1.57. The Balaban J connectivity index is 1.80. The zero-order valence-electron chi connectivity index (χ0n) is 20.0. The second-order valence-corrected chi connectivity index (χ2v) is 10.2. The Hall–Kier alpha value is -3.20. The van der Waals surface area contributed by atoms with E-state index in [0.717, 1.165) is 12.8 Å². The maximum atomic E-state index is 14.3. The summed E-state index contributed by atoms with van der Waals surface area (Å²) in [6.45, 7) is 5.48. The molecule has 2 heterocycles. The third-order valence-corrected chi connectivity index (χ3v) is 6.90. The van der Waals surface area contributed by atoms with Gasteiger partial charge in [0.25, 0.3) is 11.8 Å². The number of likely N-dealkylation sites (N-methyl/N-ethyl adjacent to an activating group) is 1. The Kier molecular flexibility index (Phi) is 6.48. The van der Waals surface area contributed by atoms with Crippen LogP contribution in [0.15, 0.2) is 29.2 Å². The first-order valence-electron chi connectivity index (χ1n) is 11.4. The normalized spacial score (nSPS) is 21.1. The molecule has 2 aliphatic rings. The van der Waals surface area contributed by atoms with Gasteiger partial charge in [-0.1, -0.05) is 44.5 Å². The second-order valence-electron chi connectivity index (χ2n) is 9.79. The van der Waals surface area contributed by atoms with E-state index in [1.165, 1.54) is 23.2 Å². The highest BCUT2D eigenvalue weighted by Gasteiger charge is 2.50. The van der Waals surface area contributed by atoms with Crippen molar-refractivity contribution in [3.63, 3.8) is 0 Å². The lowest BCUT2D eigenvalue weighted by Gasteiger charge is -2.53. The molecular weight excluding hydrogens is 477 g/mol. The monoisotopic (exact) mass is 503 g/mol. The minimum atomic E-state index is -0.875. The Morgan fingerprint density at radius 2 is 1.97 bits per heavy atom. The minimum absolute atomic E-state index is 0.0397. The number of esters is 1. The molecule has 2 amide bonds. The molecule has 35 heavy (non-hydrogen) atoms. The van der Waals surface area contributed by atoms with E-state index in [-0.39, 0.29) is 28.4 Å². The first kappa shape index (κ1) is 24.9. The standard InChI is InChI=1S/C25H27ClFN3O5/c1-13(2)24(34)35-21-19-23(33)29(4)12-25(8-14(3)9-25)30(19)11-16(20(21)31)22(32)28-10-15-6-5-7-17(26)18(15)27/h5-7,11,13-14H,8-10,12H2,1-4H3,(H,28,32)/t14-,25+. The van der Waals surface area contributed by atoms with Gasteiger partial charge >= 0.3 is 5.97 Å². The number of pyridine rings is 1. The molecule has 4 rings (SSSR count). The fourth-order valence-electron chi connectivity index (χ4n) is 4.93. The van der Waals surface area contributed by atoms with E-state index >= 15 is 0 Å². The van der Waals surface area contributed by atoms with Crippen molar-refractivity contribution in [1.29, 1.82) is 0 Å². The highest BCUT2D eigenvalue weighted by atomic mass is 35.5. The van der Waals surface area contributed by atoms with Crippen molar-refractivity contribution in [1.82, 2.24) is 14.8 Å². The lowest BCUT2D eigenvalue weighted by atomic mass is 9.67. The van der Waals surface area contributed by atoms with Crippen LogP contribution in [0.4, 0.5) is 4.39 Å². The molecule has 10 heteroatoms. The van der Waals surface area contributed by atoms with Gasteiger partial charge in [0.15, 0.2) is 5.69 Å². The molecule has 1 saturated carbocycles. The highest BCUT2D eigenvalue weighted by Crippen LogP contribution is 2.47. The van der Waals surface area contributed by atoms with E-state index in [1.54, 1.807) is 31.5 Å². The molecule has 1 spiro atoms. The number of hydrogen-bond acceptors (Lipinski definition) is 5. The van der Waals surface area contributed by atoms with Crippen LogP contribution < -0.4 is 15.5 Å². The largest absolute Gasteiger partial charge is 0.420 e. The second kappa shape index (κ2) is 9.11. The summed E-state index contributed by atoms with van der Waals surface area (Å²) in [5.74, 6) is -3.24. The van der Waals surface area contributed by atoms with E-state index in [9.17, 15) is 23.6 Å². The topological polar surface area (TPSA) is 97.7 Å². The number of carbonyl (C=O) groups is 3. The maximum absolute atomic E-state index is 14.3. The van der Waals surface area contributed by atoms with Gasteiger partial charge < -0.3 is 19.5 Å². The van der Waals surface area contributed by atoms with Crippen LogP contribution in [0.2, 0.25) is 5.02 Å². The minimum Gasteiger partial charge on any atom is -0.420 e. The van der Waals surface area contributed by atoms with E-state index in [4.69, 9.17) is 16.3 Å². The molecule has 1 fully saturated rings. The molecular formula is C25H27ClFN3O5. The summed E-state index contributed by atoms with van der Waals surface area (Å²) in [6, 6.07) is 4.41. The summed E-state index contributed by atoms with van der Waals surface area (Å²) < 4.78 is 21.3. The molecule has 1 N–H and O–H groups in total. The van der Waals surface area contributed by atoms with Crippen LogP contribution in [0.25, 0.3) is 0 Å². The number of fused-ring (bicyclic) bond motifs is 2. The molecule has 0 atom stereocenters. The van der Waals surface area contributed by atoms with Crippen molar-refractivity contribution in [3.8, 4) is 5.75 Å². The number of nitrogens with zero attached hydrogens (tertiary/aromatic N) is 2. The van der Waals surface area contributed by atoms with Gasteiger partial charge in [-0.25, -0.2) is 4.39 Å². The van der Waals surface area contributed by atoms with Crippen molar-refractivity contribution >= 4 is 29.4 Å². The van der Waals surface area contributed by atoms with Gasteiger partial charge in [-0.15, -0.1) is 0 Å². The first-order valence-corrected chi connectivity index (χ1v) is 11.8. The van der Waals surface area contributed by atoms with Crippen LogP contribution in [0.5, 0.6) is 5.75 Å². The van der Waals surface area contributed by atoms with Gasteiger partial charge in [-0.2, -0.15) is 0 Å². The smallest absolute Gasteiger partial charge is 0.313 e. The van der Waals surface area contributed by atoms with Gasteiger partial charge in [-0.3, -0.25) is 19.2 Å². The number of carbonyl (C=O) groups excluding carboxylic acids is 3. The average Bonchev–Trinajstić information content (AvgIpc) is 2.78. The molecule has 1 aliphatic heterocycles. The first-order chi connectivity index (χ1) is 16.4. The predicted octanol–water partition coefficient (Wildman–Crippen LogP) is 3.34. The molecule has 1 aromatic heterocycles. The number of benzene rings is 1. The summed E-state index contributed by atoms with van der Waals surface area (Å²) >= 11 is 5.81. The van der Waals surface area contributed by atoms with Crippen LogP contribution in [0.3, 0.4) is 0 Å². The molecule has 0 saturated heterocycles. The number of ether oxygens (including phenoxy) is 1. The number of amides is 2. The van der Waals surface area contributed by atoms with E-state index in [2.05, 4.69) is 12.2 Å². The van der Waals surface area contributed by atoms with Gasteiger partial charge in [0, 0.05) is 31.9 Å². The fraction of sp³-hybridized carbons (Fsp3) is 0.440. The van der Waals surface area contributed by atoms with Crippen molar-refractivity contribution in [2.24, 2.45) is 11.8 Å². The third kappa shape index (κ3) is 4.33. The molecule has 0 bridgehead atoms. The molecule has 186 valence electrons. The maximum Gasteiger partial charge on any atom is 0.313 e. The molecule has 8 nitrogen and oxygen atoms in total. The van der Waals surface area contributed by atoms with Crippen LogP contribution in [-0.4, -0.2) is 40.8 Å². The lowest BCUT2D eigenvalue weighted by molar-refractivity contribution is -0.137. The third-order valence-electron chi connectivity index (χ3n) is 6.60. The van der Waals surface area contributed by atoms with Gasteiger partial charge in [0.1, 0.15) is 11.4 Å². The van der Waals surface area contributed by atoms with E-state index in [1.807, 2.05) is 0 Å². The number of rotatable bonds is 5. The van der Waals surface area contributed by atoms with E-state index in [0.29, 0.717) is 12.5 Å². The zero-order valence-corrected chi connectivity index (χ0v) is 20.7. The average molecular weight is 504 g/mol. The number of nitrogens with one attached hydrogen (secondary N) is 1. The Morgan fingerprint density at radius 1 is 1.29 bits per heavy atom. The lowest BCUT2D eigenvalue weighted by Crippen LogP contribution is -2.59. The molecule has 0 unspecified atom stereocenters. The van der Waals surface area contributed by atoms with E-state index < -0.39 is 46.2 Å². The van der Waals surface area contributed by atoms with Crippen LogP contribution in [-0.2, 0) is 16.9 Å². The Labute approximate surface area is 207 Å². The molecule has 1 aliphatic carbocycles. The van der Waals surface area contributed by atoms with Crippen LogP contribution in [0, 0.1) is 17.7 Å². The predicted molar refractivity (Wildman–Crippen MR) is 127 cm³/mol. The van der Waals surface area contributed by atoms with Crippen molar-refractivity contribution < 1.29 is 23.5 Å². The summed E-state index contributed by atoms with van der Waals surface area (Å²) in [4.78, 5) is 53.6. The van der Waals surface area contributed by atoms with Crippen molar-refractivity contribution in [2.75, 3.05) is 13.6 Å². The highest BCUT2D eigenvalue weighted by molar-refractivity contribution is 6.30. The van der Waals surface area contributed by atoms with Gasteiger partial charge in [0.05, 0.1) is 16.5 Å². The number of halogens is 2. The van der Waals surface area contributed by atoms with Gasteiger partial charge in [0.2, 0.25) is 11.2 Å². The SMILES string of the molecule is CC(C)C(=O)Oc1c2n(cc(C(=O)NCc3cccc(Cl)c3F)c1=O)[C@]1(CN(C)C2=O)C[C@H](C)C1. The summed E-state index contributed by atoms with van der Waals surface area (Å²) in [6.07, 6.45) is 2.82. The summed E-state index contributed by atoms with van der Waals surface area (Å²) in [5, 5.41) is 2.45. The molecule has 2 aromatic rings. The van der Waals surface area contributed by atoms with Gasteiger partial charge in [-0.05, 0) is 24.8 Å². The zero-order chi connectivity index (χ0) is 25.7. The number of aromatic nitrogens is 1. The number of hydrogen-bond donors (Lipinski definition) is 1. The quantitative estimate of drug-likeness (QED) is 0.631. The van der Waals surface area contributed by atoms with Crippen LogP contribution >= 0.6 is 11.6 Å². The van der Waals surface area contributed by atoms with Crippen molar-refractivity contribution in [2.45, 2.75) is 45.7 Å². The van der Waals surface area contributed by atoms with Crippen LogP contribution in [0.1, 0.15) is 60.0 Å². The fourth-order valence-corrected chi connectivity index (χ4v) is 5.12.